The standard InChI is InChI=1S/C15H17N5O3S/c1-3-4-10-9(2)7-11(24-10)15(22)19-5-6-20-12(8-19)16-13(17-20)14(21)18-23/h3-4,7,23H,5-6,8H2,1-2H3,(H,18,21). The normalized spacial score (nSPS) is 14.0. The largest absolute Gasteiger partial charge is 0.329 e. The van der Waals surface area contributed by atoms with Crippen LogP contribution < -0.4 is 5.48 Å². The Balaban J connectivity index is 1.79. The van der Waals surface area contributed by atoms with Crippen molar-refractivity contribution in [3.05, 3.63) is 39.1 Å². The van der Waals surface area contributed by atoms with Crippen molar-refractivity contribution in [2.45, 2.75) is 26.9 Å². The summed E-state index contributed by atoms with van der Waals surface area (Å²) in [5.41, 5.74) is 2.58. The van der Waals surface area contributed by atoms with E-state index in [-0.39, 0.29) is 18.3 Å². The summed E-state index contributed by atoms with van der Waals surface area (Å²) >= 11 is 1.46. The summed E-state index contributed by atoms with van der Waals surface area (Å²) in [6.07, 6.45) is 3.94. The Morgan fingerprint density at radius 2 is 2.21 bits per heavy atom. The second-order valence-corrected chi connectivity index (χ2v) is 6.48. The lowest BCUT2D eigenvalue weighted by Crippen LogP contribution is -2.38. The highest BCUT2D eigenvalue weighted by Gasteiger charge is 2.27. The zero-order valence-electron chi connectivity index (χ0n) is 13.3. The fourth-order valence-electron chi connectivity index (χ4n) is 2.53. The number of hydrogen-bond donors (Lipinski definition) is 2. The molecule has 0 saturated carbocycles. The Morgan fingerprint density at radius 1 is 1.42 bits per heavy atom. The lowest BCUT2D eigenvalue weighted by Gasteiger charge is -2.26. The van der Waals surface area contributed by atoms with Crippen molar-refractivity contribution in [3.8, 4) is 0 Å². The maximum atomic E-state index is 12.7. The number of rotatable bonds is 3. The van der Waals surface area contributed by atoms with E-state index in [9.17, 15) is 9.59 Å². The van der Waals surface area contributed by atoms with Crippen LogP contribution in [-0.4, -0.2) is 43.2 Å². The molecule has 0 unspecified atom stereocenters. The number of hydrogen-bond acceptors (Lipinski definition) is 6. The summed E-state index contributed by atoms with van der Waals surface area (Å²) in [4.78, 5) is 31.6. The number of amides is 2. The van der Waals surface area contributed by atoms with Crippen molar-refractivity contribution in [1.29, 1.82) is 0 Å². The molecule has 0 fully saturated rings. The van der Waals surface area contributed by atoms with Gasteiger partial charge >= 0.3 is 5.91 Å². The number of nitrogens with one attached hydrogen (secondary N) is 1. The van der Waals surface area contributed by atoms with Gasteiger partial charge in [0.1, 0.15) is 5.82 Å². The average Bonchev–Trinajstić information content (AvgIpc) is 3.17. The summed E-state index contributed by atoms with van der Waals surface area (Å²) in [6.45, 7) is 5.15. The van der Waals surface area contributed by atoms with Gasteiger partial charge in [-0.2, -0.15) is 0 Å². The van der Waals surface area contributed by atoms with Gasteiger partial charge in [0.25, 0.3) is 5.91 Å². The predicted octanol–water partition coefficient (Wildman–Crippen LogP) is 1.46. The fraction of sp³-hybridized carbons (Fsp3) is 0.333. The second-order valence-electron chi connectivity index (χ2n) is 5.40. The monoisotopic (exact) mass is 347 g/mol. The number of carbonyl (C=O) groups is 2. The number of fused-ring (bicyclic) bond motifs is 1. The topological polar surface area (TPSA) is 100 Å². The fourth-order valence-corrected chi connectivity index (χ4v) is 3.64. The van der Waals surface area contributed by atoms with Gasteiger partial charge in [-0.1, -0.05) is 6.08 Å². The number of carbonyl (C=O) groups excluding carboxylic acids is 2. The molecule has 0 aromatic carbocycles. The number of hydroxylamine groups is 1. The van der Waals surface area contributed by atoms with Crippen LogP contribution in [0.2, 0.25) is 0 Å². The van der Waals surface area contributed by atoms with E-state index >= 15 is 0 Å². The van der Waals surface area contributed by atoms with Crippen molar-refractivity contribution in [3.63, 3.8) is 0 Å². The third-order valence-corrected chi connectivity index (χ3v) is 4.93. The molecule has 0 saturated heterocycles. The Bertz CT molecular complexity index is 823. The number of thiophene rings is 1. The van der Waals surface area contributed by atoms with E-state index in [1.807, 2.05) is 32.1 Å². The molecule has 9 heteroatoms. The van der Waals surface area contributed by atoms with Crippen LogP contribution in [0.25, 0.3) is 6.08 Å². The number of aromatic nitrogens is 3. The predicted molar refractivity (Wildman–Crippen MR) is 87.8 cm³/mol. The molecule has 0 atom stereocenters. The third-order valence-electron chi connectivity index (χ3n) is 3.74. The van der Waals surface area contributed by atoms with Gasteiger partial charge in [-0.3, -0.25) is 14.8 Å². The summed E-state index contributed by atoms with van der Waals surface area (Å²) in [7, 11) is 0. The molecule has 0 bridgehead atoms. The van der Waals surface area contributed by atoms with Crippen molar-refractivity contribution in [2.24, 2.45) is 0 Å². The summed E-state index contributed by atoms with van der Waals surface area (Å²) in [6, 6.07) is 1.90. The average molecular weight is 347 g/mol. The Kier molecular flexibility index (Phi) is 4.45. The number of aryl methyl sites for hydroxylation is 1. The van der Waals surface area contributed by atoms with Gasteiger partial charge in [0.15, 0.2) is 0 Å². The first-order valence-corrected chi connectivity index (χ1v) is 8.25. The van der Waals surface area contributed by atoms with Gasteiger partial charge in [0.2, 0.25) is 5.82 Å². The molecule has 3 heterocycles. The zero-order valence-corrected chi connectivity index (χ0v) is 14.1. The Labute approximate surface area is 142 Å². The van der Waals surface area contributed by atoms with E-state index in [0.717, 1.165) is 10.4 Å². The van der Waals surface area contributed by atoms with E-state index in [2.05, 4.69) is 10.1 Å². The lowest BCUT2D eigenvalue weighted by molar-refractivity contribution is 0.0690. The number of allylic oxidation sites excluding steroid dienone is 1. The van der Waals surface area contributed by atoms with Gasteiger partial charge in [-0.25, -0.2) is 15.1 Å². The van der Waals surface area contributed by atoms with E-state index in [0.29, 0.717) is 23.8 Å². The van der Waals surface area contributed by atoms with Crippen molar-refractivity contribution < 1.29 is 14.8 Å². The van der Waals surface area contributed by atoms with Crippen molar-refractivity contribution in [1.82, 2.24) is 25.1 Å². The molecule has 1 aliphatic heterocycles. The molecule has 2 aromatic heterocycles. The minimum Gasteiger partial charge on any atom is -0.329 e. The highest BCUT2D eigenvalue weighted by atomic mass is 32.1. The smallest absolute Gasteiger partial charge is 0.314 e. The first kappa shape index (κ1) is 16.3. The minimum absolute atomic E-state index is 0.0544. The first-order chi connectivity index (χ1) is 11.5. The third kappa shape index (κ3) is 2.95. The van der Waals surface area contributed by atoms with Gasteiger partial charge in [-0.15, -0.1) is 16.4 Å². The maximum Gasteiger partial charge on any atom is 0.314 e. The van der Waals surface area contributed by atoms with E-state index in [1.165, 1.54) is 16.8 Å². The van der Waals surface area contributed by atoms with Crippen LogP contribution in [0.1, 0.15) is 43.5 Å². The van der Waals surface area contributed by atoms with Crippen LogP contribution in [-0.2, 0) is 13.1 Å². The molecule has 1 aliphatic rings. The first-order valence-electron chi connectivity index (χ1n) is 7.44. The molecule has 0 aliphatic carbocycles. The van der Waals surface area contributed by atoms with Crippen LogP contribution >= 0.6 is 11.3 Å². The van der Waals surface area contributed by atoms with E-state index < -0.39 is 5.91 Å². The van der Waals surface area contributed by atoms with Gasteiger partial charge in [0, 0.05) is 11.4 Å². The van der Waals surface area contributed by atoms with E-state index in [4.69, 9.17) is 5.21 Å². The van der Waals surface area contributed by atoms with E-state index in [1.54, 1.807) is 9.58 Å². The highest BCUT2D eigenvalue weighted by Crippen LogP contribution is 2.25. The lowest BCUT2D eigenvalue weighted by atomic mass is 10.2. The number of nitrogens with zero attached hydrogens (tertiary/aromatic N) is 4. The molecule has 0 radical (unpaired) electrons. The van der Waals surface area contributed by atoms with Gasteiger partial charge < -0.3 is 4.90 Å². The van der Waals surface area contributed by atoms with Gasteiger partial charge in [-0.05, 0) is 31.6 Å². The summed E-state index contributed by atoms with van der Waals surface area (Å²) < 4.78 is 1.58. The zero-order chi connectivity index (χ0) is 17.3. The second kappa shape index (κ2) is 6.54. The van der Waals surface area contributed by atoms with Crippen LogP contribution in [0, 0.1) is 6.92 Å². The molecule has 2 amide bonds. The van der Waals surface area contributed by atoms with Crippen LogP contribution in [0.15, 0.2) is 12.1 Å². The highest BCUT2D eigenvalue weighted by molar-refractivity contribution is 7.15. The van der Waals surface area contributed by atoms with Crippen LogP contribution in [0.4, 0.5) is 0 Å². The molecule has 24 heavy (non-hydrogen) atoms. The van der Waals surface area contributed by atoms with Crippen LogP contribution in [0.3, 0.4) is 0 Å². The Hall–Kier alpha value is -2.52. The Morgan fingerprint density at radius 3 is 2.92 bits per heavy atom. The quantitative estimate of drug-likeness (QED) is 0.647. The van der Waals surface area contributed by atoms with Gasteiger partial charge in [0.05, 0.1) is 18.0 Å². The van der Waals surface area contributed by atoms with Crippen molar-refractivity contribution in [2.75, 3.05) is 6.54 Å². The minimum atomic E-state index is -0.764. The molecule has 0 spiro atoms. The molecule has 3 rings (SSSR count). The molecule has 2 N–H and O–H groups in total. The van der Waals surface area contributed by atoms with Crippen molar-refractivity contribution >= 4 is 29.2 Å². The molecular weight excluding hydrogens is 330 g/mol. The molecule has 8 nitrogen and oxygen atoms in total. The summed E-state index contributed by atoms with van der Waals surface area (Å²) in [5, 5.41) is 12.7. The molecule has 2 aromatic rings. The molecular formula is C15H17N5O3S. The van der Waals surface area contributed by atoms with Crippen LogP contribution in [0.5, 0.6) is 0 Å². The summed E-state index contributed by atoms with van der Waals surface area (Å²) in [5.74, 6) is -0.403. The molecule has 126 valence electrons. The SMILES string of the molecule is CC=Cc1sc(C(=O)N2CCn3nc(C(=O)NO)nc3C2)cc1C. The maximum absolute atomic E-state index is 12.7.